The first kappa shape index (κ1) is 9.28. The zero-order chi connectivity index (χ0) is 10.2. The summed E-state index contributed by atoms with van der Waals surface area (Å²) in [6.45, 7) is 0. The van der Waals surface area contributed by atoms with Gasteiger partial charge in [-0.15, -0.1) is 21.5 Å². The molecule has 0 spiro atoms. The van der Waals surface area contributed by atoms with Crippen LogP contribution in [-0.4, -0.2) is 28.2 Å². The third-order valence-electron chi connectivity index (χ3n) is 1.58. The van der Waals surface area contributed by atoms with Crippen molar-refractivity contribution in [3.8, 4) is 0 Å². The second-order valence-electron chi connectivity index (χ2n) is 2.55. The Morgan fingerprint density at radius 2 is 2.29 bits per heavy atom. The Morgan fingerprint density at radius 3 is 2.79 bits per heavy atom. The summed E-state index contributed by atoms with van der Waals surface area (Å²) in [5.41, 5.74) is 1.46. The standard InChI is InChI=1S/C6H6N4O2S2/c1-10-3-8-9-6(10)14(11,12)5-2-7-4-13-5/h2-4H,1H3. The molecule has 0 aliphatic rings. The molecule has 74 valence electrons. The number of aryl methyl sites for hydroxylation is 1. The second-order valence-corrected chi connectivity index (χ2v) is 5.50. The quantitative estimate of drug-likeness (QED) is 0.731. The van der Waals surface area contributed by atoms with Gasteiger partial charge in [0.05, 0.1) is 11.7 Å². The van der Waals surface area contributed by atoms with Crippen molar-refractivity contribution in [1.82, 2.24) is 19.7 Å². The lowest BCUT2D eigenvalue weighted by Crippen LogP contribution is -2.07. The summed E-state index contributed by atoms with van der Waals surface area (Å²) in [5, 5.41) is 7.00. The highest BCUT2D eigenvalue weighted by molar-refractivity contribution is 7.93. The van der Waals surface area contributed by atoms with Crippen LogP contribution in [0.3, 0.4) is 0 Å². The third kappa shape index (κ3) is 1.32. The Kier molecular flexibility index (Phi) is 2.08. The molecule has 2 aromatic rings. The molecule has 0 bridgehead atoms. The molecule has 0 aliphatic heterocycles. The lowest BCUT2D eigenvalue weighted by Gasteiger charge is -1.98. The molecule has 0 radical (unpaired) electrons. The number of hydrogen-bond acceptors (Lipinski definition) is 6. The van der Waals surface area contributed by atoms with Gasteiger partial charge in [0, 0.05) is 7.05 Å². The molecule has 8 heteroatoms. The zero-order valence-corrected chi connectivity index (χ0v) is 8.79. The minimum atomic E-state index is -3.54. The summed E-state index contributed by atoms with van der Waals surface area (Å²) in [6.07, 6.45) is 2.64. The van der Waals surface area contributed by atoms with Crippen molar-refractivity contribution in [1.29, 1.82) is 0 Å². The number of sulfone groups is 1. The van der Waals surface area contributed by atoms with Crippen LogP contribution in [0.1, 0.15) is 0 Å². The van der Waals surface area contributed by atoms with Crippen LogP contribution < -0.4 is 0 Å². The van der Waals surface area contributed by atoms with Gasteiger partial charge < -0.3 is 4.57 Å². The van der Waals surface area contributed by atoms with Crippen molar-refractivity contribution >= 4 is 21.2 Å². The van der Waals surface area contributed by atoms with Crippen LogP contribution in [0.5, 0.6) is 0 Å². The average molecular weight is 230 g/mol. The smallest absolute Gasteiger partial charge is 0.255 e. The monoisotopic (exact) mass is 230 g/mol. The SMILES string of the molecule is Cn1cnnc1S(=O)(=O)c1cncs1. The topological polar surface area (TPSA) is 77.7 Å². The van der Waals surface area contributed by atoms with Gasteiger partial charge in [0.25, 0.3) is 15.0 Å². The van der Waals surface area contributed by atoms with E-state index in [4.69, 9.17) is 0 Å². The van der Waals surface area contributed by atoms with Crippen molar-refractivity contribution in [2.75, 3.05) is 0 Å². The van der Waals surface area contributed by atoms with Crippen LogP contribution >= 0.6 is 11.3 Å². The number of nitrogens with zero attached hydrogens (tertiary/aromatic N) is 4. The summed E-state index contributed by atoms with van der Waals surface area (Å²) in [5.74, 6) is 0. The van der Waals surface area contributed by atoms with Crippen molar-refractivity contribution in [3.05, 3.63) is 18.0 Å². The van der Waals surface area contributed by atoms with Gasteiger partial charge in [0.1, 0.15) is 10.5 Å². The molecule has 0 atom stereocenters. The number of thiazole rings is 1. The van der Waals surface area contributed by atoms with Gasteiger partial charge in [-0.05, 0) is 0 Å². The van der Waals surface area contributed by atoms with Gasteiger partial charge in [0.2, 0.25) is 0 Å². The van der Waals surface area contributed by atoms with Gasteiger partial charge in [-0.3, -0.25) is 4.98 Å². The molecule has 14 heavy (non-hydrogen) atoms. The van der Waals surface area contributed by atoms with E-state index in [1.165, 1.54) is 22.6 Å². The highest BCUT2D eigenvalue weighted by Crippen LogP contribution is 2.20. The van der Waals surface area contributed by atoms with Crippen molar-refractivity contribution < 1.29 is 8.42 Å². The van der Waals surface area contributed by atoms with Gasteiger partial charge in [-0.25, -0.2) is 8.42 Å². The van der Waals surface area contributed by atoms with Crippen LogP contribution in [0.4, 0.5) is 0 Å². The van der Waals surface area contributed by atoms with E-state index in [1.807, 2.05) is 0 Å². The number of hydrogen-bond donors (Lipinski definition) is 0. The van der Waals surface area contributed by atoms with Crippen molar-refractivity contribution in [2.45, 2.75) is 9.37 Å². The van der Waals surface area contributed by atoms with E-state index >= 15 is 0 Å². The summed E-state index contributed by atoms with van der Waals surface area (Å²) < 4.78 is 25.2. The highest BCUT2D eigenvalue weighted by Gasteiger charge is 2.24. The fourth-order valence-corrected chi connectivity index (χ4v) is 3.11. The largest absolute Gasteiger partial charge is 0.307 e. The Bertz CT molecular complexity index is 528. The van der Waals surface area contributed by atoms with Crippen LogP contribution in [-0.2, 0) is 16.9 Å². The van der Waals surface area contributed by atoms with E-state index in [-0.39, 0.29) is 9.37 Å². The first-order valence-electron chi connectivity index (χ1n) is 3.60. The van der Waals surface area contributed by atoms with E-state index in [1.54, 1.807) is 7.05 Å². The molecule has 0 aromatic carbocycles. The summed E-state index contributed by atoms with van der Waals surface area (Å²) in [4.78, 5) is 3.71. The van der Waals surface area contributed by atoms with E-state index in [2.05, 4.69) is 15.2 Å². The van der Waals surface area contributed by atoms with Crippen molar-refractivity contribution in [3.63, 3.8) is 0 Å². The molecule has 2 heterocycles. The lowest BCUT2D eigenvalue weighted by atomic mass is 11.0. The van der Waals surface area contributed by atoms with Gasteiger partial charge in [-0.2, -0.15) is 0 Å². The van der Waals surface area contributed by atoms with Crippen LogP contribution in [0, 0.1) is 0 Å². The maximum absolute atomic E-state index is 11.8. The number of rotatable bonds is 2. The van der Waals surface area contributed by atoms with Gasteiger partial charge >= 0.3 is 0 Å². The normalized spacial score (nSPS) is 11.8. The average Bonchev–Trinajstić information content (AvgIpc) is 2.72. The Morgan fingerprint density at radius 1 is 1.50 bits per heavy atom. The molecule has 2 rings (SSSR count). The molecule has 0 aliphatic carbocycles. The Balaban J connectivity index is 2.60. The molecule has 0 saturated carbocycles. The maximum atomic E-state index is 11.8. The molecule has 0 fully saturated rings. The van der Waals surface area contributed by atoms with Gasteiger partial charge in [-0.1, -0.05) is 0 Å². The minimum Gasteiger partial charge on any atom is -0.307 e. The molecule has 0 N–H and O–H groups in total. The van der Waals surface area contributed by atoms with E-state index in [0.717, 1.165) is 11.3 Å². The molecule has 2 aromatic heterocycles. The van der Waals surface area contributed by atoms with E-state index in [9.17, 15) is 8.42 Å². The van der Waals surface area contributed by atoms with Crippen LogP contribution in [0.15, 0.2) is 27.4 Å². The minimum absolute atomic E-state index is 0.0678. The maximum Gasteiger partial charge on any atom is 0.255 e. The molecule has 6 nitrogen and oxygen atoms in total. The fourth-order valence-electron chi connectivity index (χ4n) is 0.943. The molecular weight excluding hydrogens is 224 g/mol. The molecule has 0 saturated heterocycles. The van der Waals surface area contributed by atoms with E-state index in [0.29, 0.717) is 0 Å². The number of aromatic nitrogens is 4. The summed E-state index contributed by atoms with van der Waals surface area (Å²) in [6, 6.07) is 0. The van der Waals surface area contributed by atoms with E-state index < -0.39 is 9.84 Å². The summed E-state index contributed by atoms with van der Waals surface area (Å²) >= 11 is 1.06. The van der Waals surface area contributed by atoms with Gasteiger partial charge in [0.15, 0.2) is 0 Å². The fraction of sp³-hybridized carbons (Fsp3) is 0.167. The highest BCUT2D eigenvalue weighted by atomic mass is 32.2. The first-order chi connectivity index (χ1) is 6.62. The second kappa shape index (κ2) is 3.14. The molecule has 0 unspecified atom stereocenters. The Hall–Kier alpha value is -1.28. The third-order valence-corrected chi connectivity index (χ3v) is 4.58. The molecular formula is C6H6N4O2S2. The zero-order valence-electron chi connectivity index (χ0n) is 7.15. The predicted molar refractivity (Wildman–Crippen MR) is 48.6 cm³/mol. The summed E-state index contributed by atoms with van der Waals surface area (Å²) in [7, 11) is -1.96. The van der Waals surface area contributed by atoms with Crippen molar-refractivity contribution in [2.24, 2.45) is 7.05 Å². The Labute approximate surface area is 84.2 Å². The predicted octanol–water partition coefficient (Wildman–Crippen LogP) is 0.104. The lowest BCUT2D eigenvalue weighted by molar-refractivity contribution is 0.580. The molecule has 0 amide bonds. The van der Waals surface area contributed by atoms with Crippen LogP contribution in [0.2, 0.25) is 0 Å². The first-order valence-corrected chi connectivity index (χ1v) is 5.96. The van der Waals surface area contributed by atoms with Crippen LogP contribution in [0.25, 0.3) is 0 Å².